The molecule has 1 aliphatic heterocycles. The van der Waals surface area contributed by atoms with E-state index < -0.39 is 0 Å². The smallest absolute Gasteiger partial charge is 0.262 e. The van der Waals surface area contributed by atoms with E-state index in [1.54, 1.807) is 0 Å². The Hall–Kier alpha value is -2.53. The number of carbonyl (C=O) groups is 1. The van der Waals surface area contributed by atoms with Gasteiger partial charge in [-0.3, -0.25) is 4.79 Å². The second kappa shape index (κ2) is 8.65. The van der Waals surface area contributed by atoms with Gasteiger partial charge in [0.15, 0.2) is 6.61 Å². The minimum absolute atomic E-state index is 0.0268. The molecule has 1 N–H and O–H groups in total. The number of rotatable bonds is 5. The van der Waals surface area contributed by atoms with Crippen molar-refractivity contribution in [2.24, 2.45) is 0 Å². The number of nitrogens with one attached hydrogen (secondary N) is 1. The average molecular weight is 380 g/mol. The molecule has 2 aromatic rings. The number of fused-ring (bicyclic) bond motifs is 1. The highest BCUT2D eigenvalue weighted by molar-refractivity contribution is 5.92. The highest BCUT2D eigenvalue weighted by atomic mass is 16.5. The summed E-state index contributed by atoms with van der Waals surface area (Å²) in [6.07, 6.45) is 4.77. The fourth-order valence-corrected chi connectivity index (χ4v) is 3.97. The van der Waals surface area contributed by atoms with E-state index in [1.807, 2.05) is 18.2 Å². The molecule has 28 heavy (non-hydrogen) atoms. The van der Waals surface area contributed by atoms with Crippen LogP contribution >= 0.6 is 0 Å². The standard InChI is InChI=1S/C23H29N3O2/c1-25-12-14-26(15-13-25)21-9-7-20(8-10-21)24-23(27)17-28-22-11-6-18-4-2-3-5-19(18)16-22/h6-11,16H,2-5,12-15,17H2,1H3,(H,24,27). The lowest BCUT2D eigenvalue weighted by molar-refractivity contribution is -0.118. The third kappa shape index (κ3) is 4.65. The van der Waals surface area contributed by atoms with Crippen LogP contribution in [-0.2, 0) is 17.6 Å². The third-order valence-corrected chi connectivity index (χ3v) is 5.71. The largest absolute Gasteiger partial charge is 0.484 e. The molecule has 2 aliphatic rings. The fourth-order valence-electron chi connectivity index (χ4n) is 3.97. The first-order valence-electron chi connectivity index (χ1n) is 10.3. The van der Waals surface area contributed by atoms with Crippen LogP contribution in [0.1, 0.15) is 24.0 Å². The van der Waals surface area contributed by atoms with Gasteiger partial charge in [-0.25, -0.2) is 0 Å². The number of carbonyl (C=O) groups excluding carboxylic acids is 1. The molecule has 0 unspecified atom stereocenters. The van der Waals surface area contributed by atoms with E-state index in [2.05, 4.69) is 46.4 Å². The van der Waals surface area contributed by atoms with Crippen molar-refractivity contribution in [2.45, 2.75) is 25.7 Å². The summed E-state index contributed by atoms with van der Waals surface area (Å²) in [5.41, 5.74) is 4.79. The number of piperazine rings is 1. The maximum absolute atomic E-state index is 12.2. The van der Waals surface area contributed by atoms with Gasteiger partial charge < -0.3 is 19.9 Å². The number of hydrogen-bond donors (Lipinski definition) is 1. The Morgan fingerprint density at radius 3 is 2.43 bits per heavy atom. The summed E-state index contributed by atoms with van der Waals surface area (Å²) in [5, 5.41) is 2.92. The number of nitrogens with zero attached hydrogens (tertiary/aromatic N) is 2. The lowest BCUT2D eigenvalue weighted by Crippen LogP contribution is -2.44. The topological polar surface area (TPSA) is 44.8 Å². The summed E-state index contributed by atoms with van der Waals surface area (Å²) in [4.78, 5) is 17.0. The molecule has 1 amide bonds. The van der Waals surface area contributed by atoms with Gasteiger partial charge in [0, 0.05) is 37.6 Å². The number of amides is 1. The van der Waals surface area contributed by atoms with Gasteiger partial charge in [0.2, 0.25) is 0 Å². The zero-order valence-electron chi connectivity index (χ0n) is 16.6. The second-order valence-corrected chi connectivity index (χ2v) is 7.81. The van der Waals surface area contributed by atoms with Gasteiger partial charge in [-0.2, -0.15) is 0 Å². The number of aryl methyl sites for hydroxylation is 2. The zero-order chi connectivity index (χ0) is 19.3. The third-order valence-electron chi connectivity index (χ3n) is 5.71. The predicted molar refractivity (Wildman–Crippen MR) is 113 cm³/mol. The van der Waals surface area contributed by atoms with Crippen LogP contribution in [0, 0.1) is 0 Å². The van der Waals surface area contributed by atoms with Gasteiger partial charge in [0.25, 0.3) is 5.91 Å². The van der Waals surface area contributed by atoms with Crippen LogP contribution in [-0.4, -0.2) is 50.6 Å². The molecule has 0 atom stereocenters. The summed E-state index contributed by atoms with van der Waals surface area (Å²) in [5.74, 6) is 0.645. The lowest BCUT2D eigenvalue weighted by Gasteiger charge is -2.34. The van der Waals surface area contributed by atoms with Crippen LogP contribution in [0.25, 0.3) is 0 Å². The van der Waals surface area contributed by atoms with Gasteiger partial charge in [0.05, 0.1) is 0 Å². The molecule has 4 rings (SSSR count). The Labute approximate surface area is 167 Å². The number of benzene rings is 2. The van der Waals surface area contributed by atoms with Crippen molar-refractivity contribution in [3.8, 4) is 5.75 Å². The van der Waals surface area contributed by atoms with E-state index >= 15 is 0 Å². The molecule has 5 heteroatoms. The molecule has 0 aromatic heterocycles. The van der Waals surface area contributed by atoms with E-state index in [0.29, 0.717) is 0 Å². The number of likely N-dealkylation sites (N-methyl/N-ethyl adjacent to an activating group) is 1. The Bertz CT molecular complexity index is 811. The summed E-state index contributed by atoms with van der Waals surface area (Å²) >= 11 is 0. The molecule has 0 bridgehead atoms. The molecular formula is C23H29N3O2. The molecule has 0 radical (unpaired) electrons. The normalized spacial score (nSPS) is 17.1. The van der Waals surface area contributed by atoms with E-state index in [4.69, 9.17) is 4.74 Å². The molecule has 0 spiro atoms. The highest BCUT2D eigenvalue weighted by Gasteiger charge is 2.14. The van der Waals surface area contributed by atoms with E-state index in [-0.39, 0.29) is 12.5 Å². The van der Waals surface area contributed by atoms with Gasteiger partial charge in [-0.15, -0.1) is 0 Å². The number of ether oxygens (including phenoxy) is 1. The van der Waals surface area contributed by atoms with E-state index in [0.717, 1.165) is 50.5 Å². The van der Waals surface area contributed by atoms with Gasteiger partial charge in [-0.1, -0.05) is 6.07 Å². The van der Waals surface area contributed by atoms with Crippen LogP contribution in [0.4, 0.5) is 11.4 Å². The predicted octanol–water partition coefficient (Wildman–Crippen LogP) is 3.33. The van der Waals surface area contributed by atoms with Crippen molar-refractivity contribution >= 4 is 17.3 Å². The monoisotopic (exact) mass is 379 g/mol. The number of anilines is 2. The molecule has 2 aromatic carbocycles. The Kier molecular flexibility index (Phi) is 5.81. The average Bonchev–Trinajstić information content (AvgIpc) is 2.73. The molecule has 1 saturated heterocycles. The fraction of sp³-hybridized carbons (Fsp3) is 0.435. The molecule has 5 nitrogen and oxygen atoms in total. The van der Waals surface area contributed by atoms with Crippen molar-refractivity contribution in [2.75, 3.05) is 50.1 Å². The molecule has 148 valence electrons. The van der Waals surface area contributed by atoms with Crippen LogP contribution in [0.3, 0.4) is 0 Å². The SMILES string of the molecule is CN1CCN(c2ccc(NC(=O)COc3ccc4c(c3)CCCC4)cc2)CC1. The molecule has 1 heterocycles. The van der Waals surface area contributed by atoms with Crippen LogP contribution in [0.2, 0.25) is 0 Å². The first-order chi connectivity index (χ1) is 13.7. The second-order valence-electron chi connectivity index (χ2n) is 7.81. The van der Waals surface area contributed by atoms with Gasteiger partial charge in [0.1, 0.15) is 5.75 Å². The maximum Gasteiger partial charge on any atom is 0.262 e. The summed E-state index contributed by atoms with van der Waals surface area (Å²) in [6, 6.07) is 14.3. The van der Waals surface area contributed by atoms with Crippen molar-refractivity contribution < 1.29 is 9.53 Å². The minimum atomic E-state index is -0.134. The minimum Gasteiger partial charge on any atom is -0.484 e. The molecular weight excluding hydrogens is 350 g/mol. The lowest BCUT2D eigenvalue weighted by atomic mass is 9.92. The van der Waals surface area contributed by atoms with Crippen molar-refractivity contribution in [1.82, 2.24) is 4.90 Å². The van der Waals surface area contributed by atoms with Crippen LogP contribution in [0.5, 0.6) is 5.75 Å². The van der Waals surface area contributed by atoms with Crippen LogP contribution < -0.4 is 15.0 Å². The molecule has 1 aliphatic carbocycles. The van der Waals surface area contributed by atoms with E-state index in [9.17, 15) is 4.79 Å². The number of hydrogen-bond acceptors (Lipinski definition) is 4. The first-order valence-corrected chi connectivity index (χ1v) is 10.3. The highest BCUT2D eigenvalue weighted by Crippen LogP contribution is 2.25. The van der Waals surface area contributed by atoms with Gasteiger partial charge >= 0.3 is 0 Å². The van der Waals surface area contributed by atoms with Gasteiger partial charge in [-0.05, 0) is 80.3 Å². The van der Waals surface area contributed by atoms with Crippen molar-refractivity contribution in [3.63, 3.8) is 0 Å². The summed E-state index contributed by atoms with van der Waals surface area (Å²) in [6.45, 7) is 4.27. The van der Waals surface area contributed by atoms with Crippen molar-refractivity contribution in [1.29, 1.82) is 0 Å². The van der Waals surface area contributed by atoms with Crippen molar-refractivity contribution in [3.05, 3.63) is 53.6 Å². The Balaban J connectivity index is 1.28. The summed E-state index contributed by atoms with van der Waals surface area (Å²) in [7, 11) is 2.15. The van der Waals surface area contributed by atoms with E-state index in [1.165, 1.54) is 29.7 Å². The Morgan fingerprint density at radius 2 is 1.68 bits per heavy atom. The molecule has 0 saturated carbocycles. The maximum atomic E-state index is 12.2. The quantitative estimate of drug-likeness (QED) is 0.866. The summed E-state index contributed by atoms with van der Waals surface area (Å²) < 4.78 is 5.71. The molecule has 1 fully saturated rings. The first kappa shape index (κ1) is 18.8. The Morgan fingerprint density at radius 1 is 0.964 bits per heavy atom. The van der Waals surface area contributed by atoms with Crippen LogP contribution in [0.15, 0.2) is 42.5 Å². The zero-order valence-corrected chi connectivity index (χ0v) is 16.6.